The first-order valence-electron chi connectivity index (χ1n) is 9.44. The molecule has 1 aliphatic rings. The van der Waals surface area contributed by atoms with Crippen LogP contribution in [0.1, 0.15) is 16.1 Å². The number of carbonyl (C=O) groups is 3. The van der Waals surface area contributed by atoms with Gasteiger partial charge in [-0.05, 0) is 24.3 Å². The number of para-hydroxylation sites is 2. The Morgan fingerprint density at radius 2 is 1.97 bits per heavy atom. The molecular formula is C21H16Cl2FN3O5. The molecule has 1 aliphatic heterocycles. The summed E-state index contributed by atoms with van der Waals surface area (Å²) in [4.78, 5) is 42.5. The average Bonchev–Trinajstić information content (AvgIpc) is 3.24. The highest BCUT2D eigenvalue weighted by molar-refractivity contribution is 6.39. The number of ether oxygens (including phenoxy) is 1. The van der Waals surface area contributed by atoms with Gasteiger partial charge in [0, 0.05) is 21.5 Å². The Kier molecular flexibility index (Phi) is 5.94. The molecule has 2 N–H and O–H groups in total. The maximum atomic E-state index is 13.1. The largest absolute Gasteiger partial charge is 0.489 e. The monoisotopic (exact) mass is 479 g/mol. The second-order valence-corrected chi connectivity index (χ2v) is 7.81. The van der Waals surface area contributed by atoms with Crippen molar-refractivity contribution in [2.75, 3.05) is 24.7 Å². The van der Waals surface area contributed by atoms with E-state index in [0.717, 1.165) is 4.90 Å². The molecule has 0 bridgehead atoms. The van der Waals surface area contributed by atoms with Gasteiger partial charge in [0.2, 0.25) is 0 Å². The van der Waals surface area contributed by atoms with Gasteiger partial charge in [-0.1, -0.05) is 35.3 Å². The van der Waals surface area contributed by atoms with E-state index in [1.165, 1.54) is 29.2 Å². The minimum Gasteiger partial charge on any atom is -0.489 e. The van der Waals surface area contributed by atoms with Crippen molar-refractivity contribution in [2.45, 2.75) is 6.54 Å². The highest BCUT2D eigenvalue weighted by atomic mass is 35.5. The number of rotatable bonds is 7. The number of aromatic amines is 1. The van der Waals surface area contributed by atoms with Gasteiger partial charge >= 0.3 is 12.0 Å². The third-order valence-corrected chi connectivity index (χ3v) is 5.48. The van der Waals surface area contributed by atoms with E-state index in [0.29, 0.717) is 15.9 Å². The Labute approximate surface area is 191 Å². The molecule has 0 saturated carbocycles. The number of anilines is 1. The predicted octanol–water partition coefficient (Wildman–Crippen LogP) is 4.49. The lowest BCUT2D eigenvalue weighted by Crippen LogP contribution is -2.33. The molecule has 32 heavy (non-hydrogen) atoms. The smallest absolute Gasteiger partial charge is 0.352 e. The van der Waals surface area contributed by atoms with Gasteiger partial charge in [0.05, 0.1) is 17.3 Å². The summed E-state index contributed by atoms with van der Waals surface area (Å²) in [6, 6.07) is 8.63. The number of hydrogen-bond acceptors (Lipinski definition) is 4. The van der Waals surface area contributed by atoms with Gasteiger partial charge in [0.25, 0.3) is 5.91 Å². The molecule has 0 unspecified atom stereocenters. The van der Waals surface area contributed by atoms with Gasteiger partial charge in [0.15, 0.2) is 0 Å². The molecule has 0 radical (unpaired) electrons. The first-order valence-corrected chi connectivity index (χ1v) is 10.2. The lowest BCUT2D eigenvalue weighted by atomic mass is 10.1. The first kappa shape index (κ1) is 21.9. The van der Waals surface area contributed by atoms with Crippen LogP contribution in [-0.2, 0) is 11.3 Å². The second kappa shape index (κ2) is 8.68. The number of alkyl halides is 1. The van der Waals surface area contributed by atoms with Crippen LogP contribution in [-0.4, -0.2) is 52.7 Å². The summed E-state index contributed by atoms with van der Waals surface area (Å²) in [5.74, 6) is -1.59. The Balaban J connectivity index is 1.70. The van der Waals surface area contributed by atoms with Gasteiger partial charge in [-0.15, -0.1) is 0 Å². The van der Waals surface area contributed by atoms with E-state index in [9.17, 15) is 23.9 Å². The number of carboxylic acid groups (broad SMARTS) is 1. The summed E-state index contributed by atoms with van der Waals surface area (Å²) in [5, 5.41) is 10.6. The minimum absolute atomic E-state index is 0.158. The van der Waals surface area contributed by atoms with Crippen LogP contribution in [0.25, 0.3) is 10.9 Å². The number of nitrogens with zero attached hydrogens (tertiary/aromatic N) is 2. The number of carbonyl (C=O) groups excluding carboxylic acids is 2. The lowest BCUT2D eigenvalue weighted by Gasteiger charge is -2.19. The predicted molar refractivity (Wildman–Crippen MR) is 116 cm³/mol. The fraction of sp³-hybridized carbons (Fsp3) is 0.190. The quantitative estimate of drug-likeness (QED) is 0.486. The zero-order valence-electron chi connectivity index (χ0n) is 16.4. The number of urea groups is 1. The fourth-order valence-electron chi connectivity index (χ4n) is 3.67. The van der Waals surface area contributed by atoms with Crippen molar-refractivity contribution >= 4 is 57.7 Å². The van der Waals surface area contributed by atoms with E-state index < -0.39 is 24.6 Å². The van der Waals surface area contributed by atoms with E-state index in [1.807, 2.05) is 0 Å². The summed E-state index contributed by atoms with van der Waals surface area (Å²) >= 11 is 12.3. The van der Waals surface area contributed by atoms with Crippen LogP contribution in [0.5, 0.6) is 5.75 Å². The molecule has 4 rings (SSSR count). The Morgan fingerprint density at radius 1 is 1.22 bits per heavy atom. The Morgan fingerprint density at radius 3 is 2.69 bits per heavy atom. The van der Waals surface area contributed by atoms with E-state index in [4.69, 9.17) is 27.9 Å². The summed E-state index contributed by atoms with van der Waals surface area (Å²) < 4.78 is 17.9. The molecule has 11 heteroatoms. The SMILES string of the molecule is O=C(O)c1[nH]c2cc(Cl)cc(Cl)c2c1CN1CC(=O)N(c2ccccc2OCCF)C1=O. The van der Waals surface area contributed by atoms with Crippen molar-refractivity contribution in [2.24, 2.45) is 0 Å². The molecule has 0 atom stereocenters. The second-order valence-electron chi connectivity index (χ2n) is 6.97. The van der Waals surface area contributed by atoms with Crippen molar-refractivity contribution < 1.29 is 28.6 Å². The first-order chi connectivity index (χ1) is 15.3. The number of fused-ring (bicyclic) bond motifs is 1. The van der Waals surface area contributed by atoms with Gasteiger partial charge < -0.3 is 19.7 Å². The van der Waals surface area contributed by atoms with Crippen LogP contribution in [0.15, 0.2) is 36.4 Å². The van der Waals surface area contributed by atoms with E-state index in [-0.39, 0.29) is 47.4 Å². The summed E-state index contributed by atoms with van der Waals surface area (Å²) in [6.45, 7) is -1.42. The van der Waals surface area contributed by atoms with Crippen molar-refractivity contribution in [3.63, 3.8) is 0 Å². The van der Waals surface area contributed by atoms with Gasteiger partial charge in [-0.25, -0.2) is 18.9 Å². The van der Waals surface area contributed by atoms with Crippen LogP contribution in [0.3, 0.4) is 0 Å². The zero-order valence-corrected chi connectivity index (χ0v) is 17.9. The molecule has 1 saturated heterocycles. The van der Waals surface area contributed by atoms with Crippen molar-refractivity contribution in [3.05, 3.63) is 57.7 Å². The number of nitrogens with one attached hydrogen (secondary N) is 1. The summed E-state index contributed by atoms with van der Waals surface area (Å²) in [5.41, 5.74) is 0.670. The van der Waals surface area contributed by atoms with Gasteiger partial charge in [0.1, 0.15) is 31.3 Å². The van der Waals surface area contributed by atoms with Gasteiger partial charge in [-0.2, -0.15) is 0 Å². The number of aromatic carboxylic acids is 1. The molecule has 0 aliphatic carbocycles. The van der Waals surface area contributed by atoms with Crippen LogP contribution < -0.4 is 9.64 Å². The highest BCUT2D eigenvalue weighted by Gasteiger charge is 2.39. The molecule has 1 aromatic heterocycles. The third kappa shape index (κ3) is 3.85. The van der Waals surface area contributed by atoms with Crippen molar-refractivity contribution in [1.82, 2.24) is 9.88 Å². The van der Waals surface area contributed by atoms with Crippen LogP contribution in [0.2, 0.25) is 10.0 Å². The van der Waals surface area contributed by atoms with Crippen LogP contribution >= 0.6 is 23.2 Å². The number of aromatic nitrogens is 1. The lowest BCUT2D eigenvalue weighted by molar-refractivity contribution is -0.116. The minimum atomic E-state index is -1.25. The number of hydrogen-bond donors (Lipinski definition) is 2. The van der Waals surface area contributed by atoms with Crippen molar-refractivity contribution in [1.29, 1.82) is 0 Å². The van der Waals surface area contributed by atoms with Gasteiger partial charge in [-0.3, -0.25) is 4.79 Å². The molecule has 1 fully saturated rings. The average molecular weight is 480 g/mol. The van der Waals surface area contributed by atoms with E-state index in [1.54, 1.807) is 12.1 Å². The molecule has 8 nitrogen and oxygen atoms in total. The standard InChI is InChI=1S/C21H16Cl2FN3O5/c22-11-7-13(23)18-12(19(20(29)30)25-14(18)8-11)9-26-10-17(28)27(21(26)31)15-3-1-2-4-16(15)32-6-5-24/h1-4,7-8,25H,5-6,9-10H2,(H,29,30). The molecular weight excluding hydrogens is 464 g/mol. The maximum absolute atomic E-state index is 13.1. The van der Waals surface area contributed by atoms with E-state index >= 15 is 0 Å². The number of amides is 3. The number of carboxylic acids is 1. The fourth-order valence-corrected chi connectivity index (χ4v) is 4.28. The number of H-pyrrole nitrogens is 1. The zero-order chi connectivity index (χ0) is 23.0. The molecule has 3 aromatic rings. The highest BCUT2D eigenvalue weighted by Crippen LogP contribution is 2.36. The topological polar surface area (TPSA) is 103 Å². The van der Waals surface area contributed by atoms with Crippen molar-refractivity contribution in [3.8, 4) is 5.75 Å². The Hall–Kier alpha value is -3.30. The van der Waals surface area contributed by atoms with Crippen LogP contribution in [0.4, 0.5) is 14.9 Å². The third-order valence-electron chi connectivity index (χ3n) is 4.96. The normalized spacial score (nSPS) is 14.0. The molecule has 2 heterocycles. The maximum Gasteiger partial charge on any atom is 0.352 e. The summed E-state index contributed by atoms with van der Waals surface area (Å²) in [6.07, 6.45) is 0. The molecule has 0 spiro atoms. The molecule has 3 amide bonds. The number of imide groups is 1. The number of benzene rings is 2. The molecule has 2 aromatic carbocycles. The summed E-state index contributed by atoms with van der Waals surface area (Å²) in [7, 11) is 0. The van der Waals surface area contributed by atoms with E-state index in [2.05, 4.69) is 4.98 Å². The van der Waals surface area contributed by atoms with Crippen LogP contribution in [0, 0.1) is 0 Å². The molecule has 166 valence electrons. The Bertz CT molecular complexity index is 1250. The number of halogens is 3.